The fraction of sp³-hybridized carbons (Fsp3) is 0.421. The summed E-state index contributed by atoms with van der Waals surface area (Å²) in [6.07, 6.45) is 5.38. The maximum Gasteiger partial charge on any atom is 0.318 e. The van der Waals surface area contributed by atoms with Crippen molar-refractivity contribution in [1.82, 2.24) is 25.4 Å². The standard InChI is InChI=1S/C19H19N5OS/c25-18(20-11-6-7-11)24-10-13-15(19(24)8-3-9-19)16(23-22-13)17-21-12-4-1-2-5-14(12)26-17/h1-2,4-5,11H,3,6-10H2,(H,20,25)(H,22,23). The van der Waals surface area contributed by atoms with Crippen molar-refractivity contribution in [3.63, 3.8) is 0 Å². The number of aromatic amines is 1. The number of carbonyl (C=O) groups excluding carboxylic acids is 1. The van der Waals surface area contributed by atoms with Gasteiger partial charge >= 0.3 is 6.03 Å². The second kappa shape index (κ2) is 5.07. The van der Waals surface area contributed by atoms with Gasteiger partial charge in [0.05, 0.1) is 28.0 Å². The van der Waals surface area contributed by atoms with E-state index in [1.807, 2.05) is 23.1 Å². The minimum absolute atomic E-state index is 0.0760. The third kappa shape index (κ3) is 1.95. The summed E-state index contributed by atoms with van der Waals surface area (Å²) in [5, 5.41) is 11.9. The van der Waals surface area contributed by atoms with Crippen LogP contribution in [0.2, 0.25) is 0 Å². The van der Waals surface area contributed by atoms with Gasteiger partial charge in [-0.2, -0.15) is 5.10 Å². The first-order chi connectivity index (χ1) is 12.7. The van der Waals surface area contributed by atoms with Gasteiger partial charge in [0, 0.05) is 11.6 Å². The van der Waals surface area contributed by atoms with Gasteiger partial charge in [-0.15, -0.1) is 11.3 Å². The van der Waals surface area contributed by atoms with Crippen LogP contribution in [0.3, 0.4) is 0 Å². The molecule has 2 saturated carbocycles. The van der Waals surface area contributed by atoms with E-state index in [0.29, 0.717) is 12.6 Å². The monoisotopic (exact) mass is 365 g/mol. The van der Waals surface area contributed by atoms with Gasteiger partial charge in [0.2, 0.25) is 0 Å². The molecule has 1 aliphatic heterocycles. The van der Waals surface area contributed by atoms with Crippen molar-refractivity contribution in [2.45, 2.75) is 50.2 Å². The average Bonchev–Trinajstić information content (AvgIpc) is 3.06. The molecule has 2 aliphatic carbocycles. The maximum atomic E-state index is 12.8. The van der Waals surface area contributed by atoms with Gasteiger partial charge in [0.15, 0.2) is 0 Å². The number of thiazole rings is 1. The highest BCUT2D eigenvalue weighted by Crippen LogP contribution is 2.55. The van der Waals surface area contributed by atoms with E-state index >= 15 is 0 Å². The number of hydrogen-bond donors (Lipinski definition) is 2. The maximum absolute atomic E-state index is 12.8. The zero-order valence-electron chi connectivity index (χ0n) is 14.3. The molecule has 7 heteroatoms. The number of fused-ring (bicyclic) bond motifs is 3. The summed E-state index contributed by atoms with van der Waals surface area (Å²) >= 11 is 1.67. The van der Waals surface area contributed by atoms with Crippen LogP contribution in [-0.4, -0.2) is 32.2 Å². The lowest BCUT2D eigenvalue weighted by molar-refractivity contribution is 0.0556. The number of H-pyrrole nitrogens is 1. The quantitative estimate of drug-likeness (QED) is 0.726. The molecule has 0 saturated heterocycles. The van der Waals surface area contributed by atoms with Gasteiger partial charge in [0.1, 0.15) is 10.7 Å². The molecule has 2 aromatic heterocycles. The van der Waals surface area contributed by atoms with Gasteiger partial charge in [-0.1, -0.05) is 12.1 Å². The van der Waals surface area contributed by atoms with Crippen LogP contribution in [-0.2, 0) is 12.1 Å². The van der Waals surface area contributed by atoms with Crippen LogP contribution in [0.15, 0.2) is 24.3 Å². The van der Waals surface area contributed by atoms with Crippen LogP contribution in [0.5, 0.6) is 0 Å². The van der Waals surface area contributed by atoms with Crippen molar-refractivity contribution >= 4 is 27.6 Å². The molecule has 2 amide bonds. The Morgan fingerprint density at radius 3 is 2.88 bits per heavy atom. The van der Waals surface area contributed by atoms with Gasteiger partial charge in [-0.05, 0) is 44.2 Å². The molecule has 0 bridgehead atoms. The smallest absolute Gasteiger partial charge is 0.318 e. The van der Waals surface area contributed by atoms with E-state index in [1.165, 1.54) is 10.3 Å². The van der Waals surface area contributed by atoms with Crippen molar-refractivity contribution in [2.24, 2.45) is 0 Å². The van der Waals surface area contributed by atoms with Crippen molar-refractivity contribution in [2.75, 3.05) is 0 Å². The van der Waals surface area contributed by atoms with E-state index in [9.17, 15) is 4.79 Å². The number of nitrogens with one attached hydrogen (secondary N) is 2. The lowest BCUT2D eigenvalue weighted by Crippen LogP contribution is -2.53. The van der Waals surface area contributed by atoms with Crippen molar-refractivity contribution < 1.29 is 4.79 Å². The molecule has 0 atom stereocenters. The molecule has 3 heterocycles. The summed E-state index contributed by atoms with van der Waals surface area (Å²) in [7, 11) is 0. The lowest BCUT2D eigenvalue weighted by atomic mass is 9.72. The molecule has 1 aromatic carbocycles. The molecular weight excluding hydrogens is 346 g/mol. The largest absolute Gasteiger partial charge is 0.335 e. The summed E-state index contributed by atoms with van der Waals surface area (Å²) in [4.78, 5) is 19.7. The number of urea groups is 1. The van der Waals surface area contributed by atoms with E-state index in [0.717, 1.165) is 54.0 Å². The number of benzene rings is 1. The summed E-state index contributed by atoms with van der Waals surface area (Å²) in [5.41, 5.74) is 4.02. The Balaban J connectivity index is 1.43. The summed E-state index contributed by atoms with van der Waals surface area (Å²) in [6, 6.07) is 8.64. The Kier molecular flexibility index (Phi) is 2.87. The van der Waals surface area contributed by atoms with E-state index in [-0.39, 0.29) is 11.6 Å². The van der Waals surface area contributed by atoms with Crippen LogP contribution in [0.25, 0.3) is 20.9 Å². The zero-order chi connectivity index (χ0) is 17.3. The van der Waals surface area contributed by atoms with Crippen LogP contribution in [0.1, 0.15) is 43.4 Å². The summed E-state index contributed by atoms with van der Waals surface area (Å²) in [5.74, 6) is 0. The topological polar surface area (TPSA) is 73.9 Å². The number of rotatable bonds is 2. The Hall–Kier alpha value is -2.41. The lowest BCUT2D eigenvalue weighted by Gasteiger charge is -2.46. The minimum Gasteiger partial charge on any atom is -0.335 e. The van der Waals surface area contributed by atoms with Gasteiger partial charge in [0.25, 0.3) is 0 Å². The summed E-state index contributed by atoms with van der Waals surface area (Å²) < 4.78 is 1.17. The Bertz CT molecular complexity index is 997. The molecule has 3 aliphatic rings. The fourth-order valence-corrected chi connectivity index (χ4v) is 5.31. The highest BCUT2D eigenvalue weighted by atomic mass is 32.1. The number of hydrogen-bond acceptors (Lipinski definition) is 4. The first kappa shape index (κ1) is 14.7. The highest BCUT2D eigenvalue weighted by Gasteiger charge is 2.54. The zero-order valence-corrected chi connectivity index (χ0v) is 15.1. The van der Waals surface area contributed by atoms with Crippen LogP contribution >= 0.6 is 11.3 Å². The number of para-hydroxylation sites is 1. The fourth-order valence-electron chi connectivity index (χ4n) is 4.34. The van der Waals surface area contributed by atoms with Crippen molar-refractivity contribution in [3.8, 4) is 10.7 Å². The Labute approximate surface area is 154 Å². The molecule has 1 spiro atoms. The van der Waals surface area contributed by atoms with E-state index in [2.05, 4.69) is 21.6 Å². The average molecular weight is 365 g/mol. The molecular formula is C19H19N5OS. The molecule has 0 radical (unpaired) electrons. The van der Waals surface area contributed by atoms with Gasteiger partial charge in [-0.3, -0.25) is 5.10 Å². The molecule has 3 aromatic rings. The first-order valence-electron chi connectivity index (χ1n) is 9.26. The number of nitrogens with zero attached hydrogens (tertiary/aromatic N) is 3. The SMILES string of the molecule is O=C(NC1CC1)N1Cc2[nH]nc(-c3nc4ccccc4s3)c2C12CCC2. The second-order valence-corrected chi connectivity index (χ2v) is 8.64. The predicted octanol–water partition coefficient (Wildman–Crippen LogP) is 3.75. The number of aromatic nitrogens is 3. The second-order valence-electron chi connectivity index (χ2n) is 7.61. The minimum atomic E-state index is -0.200. The first-order valence-corrected chi connectivity index (χ1v) is 10.1. The third-order valence-electron chi connectivity index (χ3n) is 5.97. The predicted molar refractivity (Wildman–Crippen MR) is 99.8 cm³/mol. The molecule has 2 N–H and O–H groups in total. The molecule has 6 rings (SSSR count). The van der Waals surface area contributed by atoms with Crippen LogP contribution < -0.4 is 5.32 Å². The molecule has 26 heavy (non-hydrogen) atoms. The third-order valence-corrected chi connectivity index (χ3v) is 7.01. The summed E-state index contributed by atoms with van der Waals surface area (Å²) in [6.45, 7) is 0.617. The van der Waals surface area contributed by atoms with E-state index < -0.39 is 0 Å². The van der Waals surface area contributed by atoms with Gasteiger partial charge in [-0.25, -0.2) is 9.78 Å². The molecule has 6 nitrogen and oxygen atoms in total. The van der Waals surface area contributed by atoms with Crippen molar-refractivity contribution in [3.05, 3.63) is 35.5 Å². The molecule has 132 valence electrons. The highest BCUT2D eigenvalue weighted by molar-refractivity contribution is 7.21. The van der Waals surface area contributed by atoms with Crippen LogP contribution in [0, 0.1) is 0 Å². The normalized spacial score (nSPS) is 20.4. The number of amides is 2. The van der Waals surface area contributed by atoms with Gasteiger partial charge < -0.3 is 10.2 Å². The van der Waals surface area contributed by atoms with Crippen LogP contribution in [0.4, 0.5) is 4.79 Å². The molecule has 0 unspecified atom stereocenters. The van der Waals surface area contributed by atoms with Crippen molar-refractivity contribution in [1.29, 1.82) is 0 Å². The Morgan fingerprint density at radius 1 is 1.31 bits per heavy atom. The van der Waals surface area contributed by atoms with E-state index in [4.69, 9.17) is 4.98 Å². The molecule has 2 fully saturated rings. The van der Waals surface area contributed by atoms with E-state index in [1.54, 1.807) is 11.3 Å². The number of carbonyl (C=O) groups is 1. The Morgan fingerprint density at radius 2 is 2.15 bits per heavy atom.